The van der Waals surface area contributed by atoms with Gasteiger partial charge >= 0.3 is 0 Å². The molecular formula is C14H31N. The fourth-order valence-electron chi connectivity index (χ4n) is 1.77. The maximum atomic E-state index is 3.64. The lowest BCUT2D eigenvalue weighted by molar-refractivity contribution is 0.358. The largest absolute Gasteiger partial charge is 0.314 e. The maximum absolute atomic E-state index is 3.64. The van der Waals surface area contributed by atoms with E-state index in [4.69, 9.17) is 0 Å². The summed E-state index contributed by atoms with van der Waals surface area (Å²) >= 11 is 0. The minimum atomic E-state index is 0.681. The van der Waals surface area contributed by atoms with E-state index in [1.54, 1.807) is 0 Å². The summed E-state index contributed by atoms with van der Waals surface area (Å²) in [6, 6.07) is 0.681. The second kappa shape index (κ2) is 9.21. The van der Waals surface area contributed by atoms with Crippen molar-refractivity contribution in [3.8, 4) is 0 Å². The molecule has 0 fully saturated rings. The molecule has 0 aliphatic heterocycles. The van der Waals surface area contributed by atoms with E-state index in [1.165, 1.54) is 38.6 Å². The second-order valence-electron chi connectivity index (χ2n) is 5.40. The SMILES string of the molecule is CCCCCC(C)C(C)NCCC(C)C. The van der Waals surface area contributed by atoms with E-state index >= 15 is 0 Å². The molecule has 0 bridgehead atoms. The Balaban J connectivity index is 3.46. The summed E-state index contributed by atoms with van der Waals surface area (Å²) in [7, 11) is 0. The van der Waals surface area contributed by atoms with E-state index in [9.17, 15) is 0 Å². The van der Waals surface area contributed by atoms with Crippen molar-refractivity contribution < 1.29 is 0 Å². The van der Waals surface area contributed by atoms with E-state index < -0.39 is 0 Å². The predicted molar refractivity (Wildman–Crippen MR) is 70.2 cm³/mol. The molecular weight excluding hydrogens is 182 g/mol. The lowest BCUT2D eigenvalue weighted by Crippen LogP contribution is -2.33. The van der Waals surface area contributed by atoms with Gasteiger partial charge in [0, 0.05) is 6.04 Å². The van der Waals surface area contributed by atoms with Crippen LogP contribution in [0.1, 0.15) is 66.7 Å². The van der Waals surface area contributed by atoms with Gasteiger partial charge in [-0.1, -0.05) is 47.0 Å². The van der Waals surface area contributed by atoms with Gasteiger partial charge in [-0.25, -0.2) is 0 Å². The molecule has 0 aromatic heterocycles. The number of unbranched alkanes of at least 4 members (excludes halogenated alkanes) is 2. The summed E-state index contributed by atoms with van der Waals surface area (Å²) in [5, 5.41) is 3.64. The first-order valence-electron chi connectivity index (χ1n) is 6.81. The van der Waals surface area contributed by atoms with Crippen LogP contribution in [0.3, 0.4) is 0 Å². The Morgan fingerprint density at radius 2 is 1.60 bits per heavy atom. The molecule has 0 aliphatic carbocycles. The third-order valence-corrected chi connectivity index (χ3v) is 3.30. The zero-order valence-electron chi connectivity index (χ0n) is 11.5. The number of hydrogen-bond acceptors (Lipinski definition) is 1. The second-order valence-corrected chi connectivity index (χ2v) is 5.40. The van der Waals surface area contributed by atoms with Crippen molar-refractivity contribution in [2.24, 2.45) is 11.8 Å². The van der Waals surface area contributed by atoms with Crippen LogP contribution in [0.5, 0.6) is 0 Å². The van der Waals surface area contributed by atoms with Gasteiger partial charge in [-0.15, -0.1) is 0 Å². The summed E-state index contributed by atoms with van der Waals surface area (Å²) in [6.07, 6.45) is 6.80. The molecule has 2 atom stereocenters. The number of hydrogen-bond donors (Lipinski definition) is 1. The van der Waals surface area contributed by atoms with Crippen LogP contribution in [-0.4, -0.2) is 12.6 Å². The van der Waals surface area contributed by atoms with Gasteiger partial charge < -0.3 is 5.32 Å². The summed E-state index contributed by atoms with van der Waals surface area (Å²) in [4.78, 5) is 0. The maximum Gasteiger partial charge on any atom is 0.00643 e. The molecule has 0 amide bonds. The van der Waals surface area contributed by atoms with E-state index in [-0.39, 0.29) is 0 Å². The highest BCUT2D eigenvalue weighted by molar-refractivity contribution is 4.68. The van der Waals surface area contributed by atoms with Gasteiger partial charge in [0.1, 0.15) is 0 Å². The molecule has 0 spiro atoms. The van der Waals surface area contributed by atoms with Gasteiger partial charge in [0.15, 0.2) is 0 Å². The van der Waals surface area contributed by atoms with Crippen molar-refractivity contribution in [3.63, 3.8) is 0 Å². The molecule has 0 aliphatic rings. The molecule has 0 heterocycles. The molecule has 2 unspecified atom stereocenters. The Morgan fingerprint density at radius 1 is 0.933 bits per heavy atom. The van der Waals surface area contributed by atoms with Crippen LogP contribution < -0.4 is 5.32 Å². The first kappa shape index (κ1) is 15.0. The van der Waals surface area contributed by atoms with Gasteiger partial charge in [-0.2, -0.15) is 0 Å². The average molecular weight is 213 g/mol. The minimum Gasteiger partial charge on any atom is -0.314 e. The average Bonchev–Trinajstić information content (AvgIpc) is 2.17. The molecule has 0 aromatic rings. The number of rotatable bonds is 9. The molecule has 0 radical (unpaired) electrons. The fourth-order valence-corrected chi connectivity index (χ4v) is 1.77. The summed E-state index contributed by atoms with van der Waals surface area (Å²) in [6.45, 7) is 12.7. The standard InChI is InChI=1S/C14H31N/c1-6-7-8-9-13(4)14(5)15-11-10-12(2)3/h12-15H,6-11H2,1-5H3. The smallest absolute Gasteiger partial charge is 0.00643 e. The molecule has 1 nitrogen and oxygen atoms in total. The molecule has 0 saturated carbocycles. The Morgan fingerprint density at radius 3 is 2.13 bits per heavy atom. The van der Waals surface area contributed by atoms with Crippen molar-refractivity contribution in [1.29, 1.82) is 0 Å². The Hall–Kier alpha value is -0.0400. The van der Waals surface area contributed by atoms with Crippen molar-refractivity contribution in [2.45, 2.75) is 72.8 Å². The Kier molecular flexibility index (Phi) is 9.18. The van der Waals surface area contributed by atoms with E-state index in [2.05, 4.69) is 39.9 Å². The number of nitrogens with one attached hydrogen (secondary N) is 1. The van der Waals surface area contributed by atoms with E-state index in [0.717, 1.165) is 11.8 Å². The van der Waals surface area contributed by atoms with Gasteiger partial charge in [-0.3, -0.25) is 0 Å². The minimum absolute atomic E-state index is 0.681. The zero-order valence-corrected chi connectivity index (χ0v) is 11.5. The van der Waals surface area contributed by atoms with Gasteiger partial charge in [-0.05, 0) is 38.1 Å². The summed E-state index contributed by atoms with van der Waals surface area (Å²) in [5.41, 5.74) is 0. The normalized spacial score (nSPS) is 15.6. The first-order chi connectivity index (χ1) is 7.07. The summed E-state index contributed by atoms with van der Waals surface area (Å²) in [5.74, 6) is 1.64. The summed E-state index contributed by atoms with van der Waals surface area (Å²) < 4.78 is 0. The van der Waals surface area contributed by atoms with Crippen LogP contribution in [0, 0.1) is 11.8 Å². The third-order valence-electron chi connectivity index (χ3n) is 3.30. The van der Waals surface area contributed by atoms with E-state index in [0.29, 0.717) is 6.04 Å². The highest BCUT2D eigenvalue weighted by Crippen LogP contribution is 2.13. The van der Waals surface area contributed by atoms with Crippen molar-refractivity contribution in [1.82, 2.24) is 5.32 Å². The van der Waals surface area contributed by atoms with Crippen molar-refractivity contribution in [2.75, 3.05) is 6.54 Å². The Labute approximate surface area is 97.0 Å². The van der Waals surface area contributed by atoms with Crippen LogP contribution >= 0.6 is 0 Å². The van der Waals surface area contributed by atoms with E-state index in [1.807, 2.05) is 0 Å². The van der Waals surface area contributed by atoms with Crippen LogP contribution in [0.2, 0.25) is 0 Å². The van der Waals surface area contributed by atoms with Gasteiger partial charge in [0.05, 0.1) is 0 Å². The molecule has 0 saturated heterocycles. The molecule has 0 aromatic carbocycles. The zero-order chi connectivity index (χ0) is 11.7. The third kappa shape index (κ3) is 8.92. The monoisotopic (exact) mass is 213 g/mol. The van der Waals surface area contributed by atoms with Crippen molar-refractivity contribution in [3.05, 3.63) is 0 Å². The topological polar surface area (TPSA) is 12.0 Å². The molecule has 92 valence electrons. The molecule has 15 heavy (non-hydrogen) atoms. The highest BCUT2D eigenvalue weighted by Gasteiger charge is 2.10. The first-order valence-corrected chi connectivity index (χ1v) is 6.81. The Bertz CT molecular complexity index is 131. The molecule has 1 N–H and O–H groups in total. The lowest BCUT2D eigenvalue weighted by atomic mass is 9.96. The van der Waals surface area contributed by atoms with Gasteiger partial charge in [0.25, 0.3) is 0 Å². The predicted octanol–water partition coefficient (Wildman–Crippen LogP) is 4.23. The van der Waals surface area contributed by atoms with Crippen LogP contribution in [0.15, 0.2) is 0 Å². The van der Waals surface area contributed by atoms with Crippen LogP contribution in [0.25, 0.3) is 0 Å². The molecule has 1 heteroatoms. The fraction of sp³-hybridized carbons (Fsp3) is 1.00. The highest BCUT2D eigenvalue weighted by atomic mass is 14.9. The molecule has 0 rings (SSSR count). The quantitative estimate of drug-likeness (QED) is 0.565. The van der Waals surface area contributed by atoms with Crippen LogP contribution in [-0.2, 0) is 0 Å². The van der Waals surface area contributed by atoms with Crippen LogP contribution in [0.4, 0.5) is 0 Å². The van der Waals surface area contributed by atoms with Gasteiger partial charge in [0.2, 0.25) is 0 Å². The lowest BCUT2D eigenvalue weighted by Gasteiger charge is -2.21. The van der Waals surface area contributed by atoms with Crippen molar-refractivity contribution >= 4 is 0 Å².